The van der Waals surface area contributed by atoms with E-state index in [2.05, 4.69) is 31.4 Å². The largest absolute Gasteiger partial charge is 0.375 e. The fraction of sp³-hybridized carbons (Fsp3) is 0.0833. The summed E-state index contributed by atoms with van der Waals surface area (Å²) in [5, 5.41) is 4.27. The summed E-state index contributed by atoms with van der Waals surface area (Å²) >= 11 is 4.49. The Balaban J connectivity index is 2.00. The van der Waals surface area contributed by atoms with Crippen LogP contribution in [-0.2, 0) is 0 Å². The molecule has 0 aliphatic rings. The van der Waals surface area contributed by atoms with E-state index in [9.17, 15) is 4.79 Å². The average molecular weight is 339 g/mol. The lowest BCUT2D eigenvalue weighted by Crippen LogP contribution is -2.17. The number of aromatic nitrogens is 1. The number of thiazole rings is 1. The lowest BCUT2D eigenvalue weighted by Gasteiger charge is -1.97. The molecule has 0 spiro atoms. The van der Waals surface area contributed by atoms with Gasteiger partial charge in [0.15, 0.2) is 5.13 Å². The van der Waals surface area contributed by atoms with Gasteiger partial charge in [0.05, 0.1) is 11.9 Å². The number of nitrogens with two attached hydrogens (primary N) is 1. The van der Waals surface area contributed by atoms with E-state index >= 15 is 0 Å². The number of hydrogen-bond donors (Lipinski definition) is 2. The maximum Gasteiger partial charge on any atom is 0.283 e. The normalized spacial score (nSPS) is 10.8. The highest BCUT2D eigenvalue weighted by molar-refractivity contribution is 9.10. The Labute approximate surface area is 122 Å². The van der Waals surface area contributed by atoms with Crippen molar-refractivity contribution in [2.45, 2.75) is 6.92 Å². The van der Waals surface area contributed by atoms with E-state index in [1.807, 2.05) is 24.3 Å². The minimum absolute atomic E-state index is 0.305. The van der Waals surface area contributed by atoms with Gasteiger partial charge in [0, 0.05) is 4.47 Å². The van der Waals surface area contributed by atoms with Crippen molar-refractivity contribution in [1.29, 1.82) is 0 Å². The quantitative estimate of drug-likeness (QED) is 0.666. The SMILES string of the molecule is Cc1nc(N)sc1C(=O)NN=Cc1ccc(Br)cc1. The van der Waals surface area contributed by atoms with Gasteiger partial charge in [-0.05, 0) is 24.6 Å². The Kier molecular flexibility index (Phi) is 4.28. The number of halogens is 1. The third-order valence-corrected chi connectivity index (χ3v) is 3.78. The number of aryl methyl sites for hydroxylation is 1. The van der Waals surface area contributed by atoms with Crippen molar-refractivity contribution in [3.8, 4) is 0 Å². The molecule has 0 saturated carbocycles. The van der Waals surface area contributed by atoms with Crippen LogP contribution < -0.4 is 11.2 Å². The van der Waals surface area contributed by atoms with E-state index in [0.717, 1.165) is 21.4 Å². The lowest BCUT2D eigenvalue weighted by atomic mass is 10.2. The number of benzene rings is 1. The summed E-state index contributed by atoms with van der Waals surface area (Å²) in [5.74, 6) is -0.305. The van der Waals surface area contributed by atoms with E-state index in [4.69, 9.17) is 5.73 Å². The molecule has 2 rings (SSSR count). The number of rotatable bonds is 3. The summed E-state index contributed by atoms with van der Waals surface area (Å²) < 4.78 is 0.990. The van der Waals surface area contributed by atoms with E-state index < -0.39 is 0 Å². The molecule has 0 unspecified atom stereocenters. The van der Waals surface area contributed by atoms with Gasteiger partial charge >= 0.3 is 0 Å². The van der Waals surface area contributed by atoms with Crippen molar-refractivity contribution in [2.75, 3.05) is 5.73 Å². The zero-order valence-corrected chi connectivity index (χ0v) is 12.5. The number of hydrazone groups is 1. The first-order valence-corrected chi connectivity index (χ1v) is 6.99. The lowest BCUT2D eigenvalue weighted by molar-refractivity contribution is 0.0958. The Morgan fingerprint density at radius 2 is 2.16 bits per heavy atom. The molecule has 0 saturated heterocycles. The molecule has 1 amide bonds. The second kappa shape index (κ2) is 5.94. The standard InChI is InChI=1S/C12H11BrN4OS/c1-7-10(19-12(14)16-7)11(18)17-15-6-8-2-4-9(13)5-3-8/h2-6H,1H3,(H2,14,16)(H,17,18). The van der Waals surface area contributed by atoms with Crippen LogP contribution in [-0.4, -0.2) is 17.1 Å². The number of amides is 1. The predicted octanol–water partition coefficient (Wildman–Crippen LogP) is 2.56. The molecule has 0 aliphatic heterocycles. The van der Waals surface area contributed by atoms with Crippen molar-refractivity contribution in [3.05, 3.63) is 44.9 Å². The first-order chi connectivity index (χ1) is 9.06. The molecule has 0 bridgehead atoms. The predicted molar refractivity (Wildman–Crippen MR) is 80.5 cm³/mol. The van der Waals surface area contributed by atoms with Gasteiger partial charge in [-0.2, -0.15) is 5.10 Å². The molecular formula is C12H11BrN4OS. The summed E-state index contributed by atoms with van der Waals surface area (Å²) in [6.07, 6.45) is 1.57. The number of nitrogens with one attached hydrogen (secondary N) is 1. The third-order valence-electron chi connectivity index (χ3n) is 2.27. The van der Waals surface area contributed by atoms with Crippen LogP contribution in [0.3, 0.4) is 0 Å². The second-order valence-electron chi connectivity index (χ2n) is 3.72. The van der Waals surface area contributed by atoms with Crippen LogP contribution in [0.15, 0.2) is 33.8 Å². The smallest absolute Gasteiger partial charge is 0.283 e. The first kappa shape index (κ1) is 13.7. The average Bonchev–Trinajstić information content (AvgIpc) is 2.71. The molecule has 0 radical (unpaired) electrons. The third kappa shape index (κ3) is 3.62. The van der Waals surface area contributed by atoms with Gasteiger partial charge in [0.25, 0.3) is 5.91 Å². The van der Waals surface area contributed by atoms with Crippen LogP contribution in [0.25, 0.3) is 0 Å². The minimum Gasteiger partial charge on any atom is -0.375 e. The van der Waals surface area contributed by atoms with Gasteiger partial charge in [-0.25, -0.2) is 10.4 Å². The molecule has 0 fully saturated rings. The molecule has 1 heterocycles. The maximum atomic E-state index is 11.8. The van der Waals surface area contributed by atoms with E-state index in [0.29, 0.717) is 15.7 Å². The second-order valence-corrected chi connectivity index (χ2v) is 5.66. The number of hydrogen-bond acceptors (Lipinski definition) is 5. The topological polar surface area (TPSA) is 80.4 Å². The van der Waals surface area contributed by atoms with Crippen LogP contribution in [0, 0.1) is 6.92 Å². The van der Waals surface area contributed by atoms with Crippen molar-refractivity contribution < 1.29 is 4.79 Å². The highest BCUT2D eigenvalue weighted by Gasteiger charge is 2.12. The summed E-state index contributed by atoms with van der Waals surface area (Å²) in [4.78, 5) is 16.3. The summed E-state index contributed by atoms with van der Waals surface area (Å²) in [5.41, 5.74) is 9.49. The Morgan fingerprint density at radius 1 is 1.47 bits per heavy atom. The molecule has 5 nitrogen and oxygen atoms in total. The molecule has 1 aromatic heterocycles. The zero-order chi connectivity index (χ0) is 13.8. The summed E-state index contributed by atoms with van der Waals surface area (Å²) in [7, 11) is 0. The number of carbonyl (C=O) groups excluding carboxylic acids is 1. The van der Waals surface area contributed by atoms with Crippen LogP contribution in [0.5, 0.6) is 0 Å². The van der Waals surface area contributed by atoms with E-state index in [-0.39, 0.29) is 5.91 Å². The van der Waals surface area contributed by atoms with Crippen LogP contribution >= 0.6 is 27.3 Å². The fourth-order valence-electron chi connectivity index (χ4n) is 1.39. The van der Waals surface area contributed by atoms with Crippen molar-refractivity contribution in [1.82, 2.24) is 10.4 Å². The Hall–Kier alpha value is -1.73. The first-order valence-electron chi connectivity index (χ1n) is 5.38. The van der Waals surface area contributed by atoms with Gasteiger partial charge in [-0.1, -0.05) is 39.4 Å². The van der Waals surface area contributed by atoms with Crippen molar-refractivity contribution in [3.63, 3.8) is 0 Å². The molecule has 98 valence electrons. The Bertz CT molecular complexity index is 621. The van der Waals surface area contributed by atoms with Crippen molar-refractivity contribution in [2.24, 2.45) is 5.10 Å². The number of nitrogen functional groups attached to an aromatic ring is 1. The van der Waals surface area contributed by atoms with Crippen LogP contribution in [0.4, 0.5) is 5.13 Å². The highest BCUT2D eigenvalue weighted by atomic mass is 79.9. The van der Waals surface area contributed by atoms with Gasteiger partial charge in [0.1, 0.15) is 4.88 Å². The van der Waals surface area contributed by atoms with Crippen LogP contribution in [0.2, 0.25) is 0 Å². The summed E-state index contributed by atoms with van der Waals surface area (Å²) in [6, 6.07) is 7.57. The van der Waals surface area contributed by atoms with Gasteiger partial charge in [-0.15, -0.1) is 0 Å². The molecule has 0 atom stereocenters. The number of nitrogens with zero attached hydrogens (tertiary/aromatic N) is 2. The van der Waals surface area contributed by atoms with E-state index in [1.54, 1.807) is 13.1 Å². The van der Waals surface area contributed by atoms with Gasteiger partial charge in [0.2, 0.25) is 0 Å². The fourth-order valence-corrected chi connectivity index (χ4v) is 2.38. The maximum absolute atomic E-state index is 11.8. The highest BCUT2D eigenvalue weighted by Crippen LogP contribution is 2.19. The molecule has 1 aromatic carbocycles. The van der Waals surface area contributed by atoms with Crippen molar-refractivity contribution >= 4 is 44.5 Å². The molecule has 2 aromatic rings. The molecule has 0 aliphatic carbocycles. The molecule has 19 heavy (non-hydrogen) atoms. The summed E-state index contributed by atoms with van der Waals surface area (Å²) in [6.45, 7) is 1.74. The number of anilines is 1. The molecule has 7 heteroatoms. The molecule has 3 N–H and O–H groups in total. The number of carbonyl (C=O) groups is 1. The zero-order valence-electron chi connectivity index (χ0n) is 10.1. The monoisotopic (exact) mass is 338 g/mol. The minimum atomic E-state index is -0.305. The van der Waals surface area contributed by atoms with Gasteiger partial charge in [-0.3, -0.25) is 4.79 Å². The van der Waals surface area contributed by atoms with Gasteiger partial charge < -0.3 is 5.73 Å². The van der Waals surface area contributed by atoms with Crippen LogP contribution in [0.1, 0.15) is 20.9 Å². The Morgan fingerprint density at radius 3 is 2.74 bits per heavy atom. The van der Waals surface area contributed by atoms with E-state index in [1.165, 1.54) is 0 Å². The molecular weight excluding hydrogens is 328 g/mol.